The second kappa shape index (κ2) is 53.4. The Bertz CT molecular complexity index is 1380. The van der Waals surface area contributed by atoms with E-state index < -0.39 is 0 Å². The first-order valence-corrected chi connectivity index (χ1v) is 25.6. The number of aryl methyl sites for hydroxylation is 4. The molecule has 2 aromatic carbocycles. The van der Waals surface area contributed by atoms with E-state index in [1.807, 2.05) is 28.2 Å². The molecule has 17 heteroatoms. The topological polar surface area (TPSA) is 145 Å². The van der Waals surface area contributed by atoms with Gasteiger partial charge in [-0.1, -0.05) is 40.5 Å². The van der Waals surface area contributed by atoms with Crippen LogP contribution in [0.25, 0.3) is 0 Å². The Morgan fingerprint density at radius 2 is 0.437 bits per heavy atom. The van der Waals surface area contributed by atoms with E-state index in [-0.39, 0.29) is 0 Å². The Balaban J connectivity index is 0. The Morgan fingerprint density at radius 1 is 0.282 bits per heavy atom. The molecule has 0 N–H and O–H groups in total. The van der Waals surface area contributed by atoms with Crippen LogP contribution in [0.4, 0.5) is 11.4 Å². The monoisotopic (exact) mass is 1020 g/mol. The van der Waals surface area contributed by atoms with Gasteiger partial charge < -0.3 is 80.9 Å². The highest BCUT2D eigenvalue weighted by Crippen LogP contribution is 2.29. The maximum atomic E-state index is 5.91. The summed E-state index contributed by atoms with van der Waals surface area (Å²) in [7, 11) is 11.4. The molecule has 0 fully saturated rings. The van der Waals surface area contributed by atoms with Crippen molar-refractivity contribution in [2.75, 3.05) is 224 Å². The first kappa shape index (κ1) is 70.2. The van der Waals surface area contributed by atoms with Gasteiger partial charge in [-0.05, 0) is 74.2 Å². The van der Waals surface area contributed by atoms with E-state index in [0.29, 0.717) is 172 Å². The number of ether oxygens (including phenoxy) is 15. The molecule has 0 radical (unpaired) electrons. The summed E-state index contributed by atoms with van der Waals surface area (Å²) in [5, 5.41) is 0. The van der Waals surface area contributed by atoms with Gasteiger partial charge in [0.05, 0.1) is 159 Å². The van der Waals surface area contributed by atoms with Crippen LogP contribution in [0, 0.1) is 27.7 Å². The molecule has 2 rings (SSSR count). The van der Waals surface area contributed by atoms with E-state index in [1.54, 1.807) is 14.2 Å². The van der Waals surface area contributed by atoms with Crippen molar-refractivity contribution in [3.05, 3.63) is 46.5 Å². The average Bonchev–Trinajstić information content (AvgIpc) is 3.33. The molecule has 0 heterocycles. The Morgan fingerprint density at radius 3 is 0.592 bits per heavy atom. The van der Waals surface area contributed by atoms with Gasteiger partial charge in [-0.2, -0.15) is 0 Å². The summed E-state index contributed by atoms with van der Waals surface area (Å²) in [6, 6.07) is 8.52. The van der Waals surface area contributed by atoms with Crippen LogP contribution in [0.2, 0.25) is 0 Å². The molecule has 0 aliphatic carbocycles. The van der Waals surface area contributed by atoms with Gasteiger partial charge in [0.25, 0.3) is 0 Å². The van der Waals surface area contributed by atoms with Gasteiger partial charge in [-0.15, -0.1) is 0 Å². The van der Waals surface area contributed by atoms with Gasteiger partial charge in [-0.3, -0.25) is 0 Å². The molecule has 0 spiro atoms. The highest BCUT2D eigenvalue weighted by molar-refractivity contribution is 5.56. The van der Waals surface area contributed by atoms with Crippen LogP contribution in [-0.4, -0.2) is 214 Å². The van der Waals surface area contributed by atoms with Crippen LogP contribution in [0.3, 0.4) is 0 Å². The minimum absolute atomic E-state index is 0.513. The van der Waals surface area contributed by atoms with Crippen molar-refractivity contribution in [2.45, 2.75) is 68.2 Å². The van der Waals surface area contributed by atoms with Gasteiger partial charge in [0.2, 0.25) is 0 Å². The number of hydrogen-bond acceptors (Lipinski definition) is 17. The molecule has 17 nitrogen and oxygen atoms in total. The van der Waals surface area contributed by atoms with Crippen molar-refractivity contribution in [1.29, 1.82) is 0 Å². The summed E-state index contributed by atoms with van der Waals surface area (Å²) in [5.74, 6) is 1.87. The minimum atomic E-state index is 0.513. The SMILES string of the molecule is CCC.CCC.COCCOCCOCCOCCOCCOCCOCCOc1c(C)cc(N(C)C)cc1C.COCCOCCOCCOCCOCCOCCOc1c(C)cc(N(C)C)cc1C. The zero-order valence-corrected chi connectivity index (χ0v) is 47.1. The van der Waals surface area contributed by atoms with Gasteiger partial charge in [-0.25, -0.2) is 0 Å². The van der Waals surface area contributed by atoms with Crippen LogP contribution in [0.15, 0.2) is 24.3 Å². The normalized spacial score (nSPS) is 10.7. The zero-order valence-electron chi connectivity index (χ0n) is 47.1. The van der Waals surface area contributed by atoms with Gasteiger partial charge in [0.1, 0.15) is 24.7 Å². The molecule has 0 saturated heterocycles. The third-order valence-electron chi connectivity index (χ3n) is 9.08. The summed E-state index contributed by atoms with van der Waals surface area (Å²) in [4.78, 5) is 4.18. The van der Waals surface area contributed by atoms with E-state index in [9.17, 15) is 0 Å². The number of nitrogens with zero attached hydrogens (tertiary/aromatic N) is 2. The fraction of sp³-hybridized carbons (Fsp3) is 0.778. The summed E-state index contributed by atoms with van der Waals surface area (Å²) in [6.45, 7) is 31.0. The molecule has 0 aliphatic heterocycles. The minimum Gasteiger partial charge on any atom is -0.491 e. The number of rotatable bonds is 43. The molecule has 0 unspecified atom stereocenters. The second-order valence-electron chi connectivity index (χ2n) is 16.4. The lowest BCUT2D eigenvalue weighted by Crippen LogP contribution is -2.15. The molecule has 0 amide bonds. The average molecular weight is 1020 g/mol. The van der Waals surface area contributed by atoms with Crippen LogP contribution >= 0.6 is 0 Å². The van der Waals surface area contributed by atoms with E-state index in [1.165, 1.54) is 24.2 Å². The van der Waals surface area contributed by atoms with E-state index >= 15 is 0 Å². The molecule has 0 aromatic heterocycles. The zero-order chi connectivity index (χ0) is 53.0. The first-order chi connectivity index (χ1) is 34.4. The Kier molecular flexibility index (Phi) is 52.8. The molecule has 0 aliphatic rings. The quantitative estimate of drug-likeness (QED) is 0.0595. The lowest BCUT2D eigenvalue weighted by atomic mass is 10.1. The van der Waals surface area contributed by atoms with Crippen LogP contribution in [-0.2, 0) is 61.6 Å². The molecule has 418 valence electrons. The summed E-state index contributed by atoms with van der Waals surface area (Å²) < 4.78 is 81.4. The number of methoxy groups -OCH3 is 2. The summed E-state index contributed by atoms with van der Waals surface area (Å²) in [6.07, 6.45) is 2.50. The van der Waals surface area contributed by atoms with Crippen molar-refractivity contribution in [3.63, 3.8) is 0 Å². The highest BCUT2D eigenvalue weighted by Gasteiger charge is 2.09. The molecular formula is C54H102N2O15. The molecule has 0 saturated carbocycles. The summed E-state index contributed by atoms with van der Waals surface area (Å²) in [5.41, 5.74) is 6.88. The maximum Gasteiger partial charge on any atom is 0.125 e. The van der Waals surface area contributed by atoms with Gasteiger partial charge in [0, 0.05) is 53.8 Å². The molecule has 2 aromatic rings. The van der Waals surface area contributed by atoms with Crippen molar-refractivity contribution in [3.8, 4) is 11.5 Å². The first-order valence-electron chi connectivity index (χ1n) is 25.6. The Hall–Kier alpha value is -2.88. The smallest absolute Gasteiger partial charge is 0.125 e. The van der Waals surface area contributed by atoms with Crippen LogP contribution < -0.4 is 19.3 Å². The Labute approximate surface area is 431 Å². The van der Waals surface area contributed by atoms with Crippen molar-refractivity contribution >= 4 is 11.4 Å². The van der Waals surface area contributed by atoms with Crippen molar-refractivity contribution < 1.29 is 71.1 Å². The third kappa shape index (κ3) is 44.3. The second-order valence-corrected chi connectivity index (χ2v) is 16.4. The molecular weight excluding hydrogens is 917 g/mol. The molecule has 0 bridgehead atoms. The van der Waals surface area contributed by atoms with E-state index in [0.717, 1.165) is 33.8 Å². The number of hydrogen-bond donors (Lipinski definition) is 0. The van der Waals surface area contributed by atoms with Crippen LogP contribution in [0.1, 0.15) is 62.8 Å². The fourth-order valence-corrected chi connectivity index (χ4v) is 5.70. The standard InChI is InChI=1S/C25H45NO8.C23H41NO7.2C3H8/c1-22-20-24(26(3)4)21-23(2)25(22)34-19-18-33-17-16-32-15-14-31-13-12-30-11-10-29-9-8-28-7-6-27-5;1-20-18-22(24(3)4)19-21(2)23(20)31-17-16-30-15-14-29-13-12-28-11-10-27-9-8-26-7-6-25-5;2*1-3-2/h20-21H,6-19H2,1-5H3;18-19H,6-17H2,1-5H3;2*3H2,1-2H3. The fourth-order valence-electron chi connectivity index (χ4n) is 5.70. The summed E-state index contributed by atoms with van der Waals surface area (Å²) >= 11 is 0. The predicted octanol–water partition coefficient (Wildman–Crippen LogP) is 7.80. The van der Waals surface area contributed by atoms with Gasteiger partial charge >= 0.3 is 0 Å². The van der Waals surface area contributed by atoms with Crippen molar-refractivity contribution in [2.24, 2.45) is 0 Å². The van der Waals surface area contributed by atoms with E-state index in [4.69, 9.17) is 71.1 Å². The highest BCUT2D eigenvalue weighted by atomic mass is 16.6. The largest absolute Gasteiger partial charge is 0.491 e. The third-order valence-corrected chi connectivity index (χ3v) is 9.08. The van der Waals surface area contributed by atoms with E-state index in [2.05, 4.69) is 89.5 Å². The lowest BCUT2D eigenvalue weighted by molar-refractivity contribution is -0.0199. The van der Waals surface area contributed by atoms with Gasteiger partial charge in [0.15, 0.2) is 0 Å². The number of anilines is 2. The maximum absolute atomic E-state index is 5.91. The van der Waals surface area contributed by atoms with Crippen molar-refractivity contribution in [1.82, 2.24) is 0 Å². The van der Waals surface area contributed by atoms with Crippen LogP contribution in [0.5, 0.6) is 11.5 Å². The predicted molar refractivity (Wildman–Crippen MR) is 286 cm³/mol. The number of benzene rings is 2. The lowest BCUT2D eigenvalue weighted by Gasteiger charge is -2.18. The molecule has 0 atom stereocenters. The molecule has 71 heavy (non-hydrogen) atoms.